The van der Waals surface area contributed by atoms with Crippen LogP contribution in [0.3, 0.4) is 0 Å². The minimum absolute atomic E-state index is 0.185. The predicted octanol–water partition coefficient (Wildman–Crippen LogP) is 2.81. The van der Waals surface area contributed by atoms with E-state index in [4.69, 9.17) is 0 Å². The van der Waals surface area contributed by atoms with Crippen LogP contribution in [0.4, 0.5) is 4.39 Å². The molecule has 96 valence electrons. The van der Waals surface area contributed by atoms with E-state index >= 15 is 0 Å². The van der Waals surface area contributed by atoms with Crippen LogP contribution in [-0.4, -0.2) is 16.5 Å². The van der Waals surface area contributed by atoms with Crippen molar-refractivity contribution in [2.24, 2.45) is 0 Å². The summed E-state index contributed by atoms with van der Waals surface area (Å²) in [5, 5.41) is 3.31. The van der Waals surface area contributed by atoms with Crippen molar-refractivity contribution in [3.05, 3.63) is 53.4 Å². The normalized spacial score (nSPS) is 12.6. The van der Waals surface area contributed by atoms with Crippen LogP contribution in [0.15, 0.2) is 30.5 Å². The zero-order valence-electron chi connectivity index (χ0n) is 10.7. The Labute approximate surface area is 106 Å². The van der Waals surface area contributed by atoms with Gasteiger partial charge in [0, 0.05) is 18.7 Å². The van der Waals surface area contributed by atoms with Gasteiger partial charge >= 0.3 is 0 Å². The van der Waals surface area contributed by atoms with Crippen molar-refractivity contribution >= 4 is 0 Å². The second-order valence-corrected chi connectivity index (χ2v) is 4.33. The number of aromatic amines is 1. The van der Waals surface area contributed by atoms with E-state index in [0.717, 1.165) is 18.1 Å². The van der Waals surface area contributed by atoms with Gasteiger partial charge in [0.2, 0.25) is 0 Å². The van der Waals surface area contributed by atoms with E-state index in [0.29, 0.717) is 12.0 Å². The van der Waals surface area contributed by atoms with Crippen LogP contribution in [0, 0.1) is 5.82 Å². The Morgan fingerprint density at radius 3 is 2.89 bits per heavy atom. The topological polar surface area (TPSA) is 40.7 Å². The Kier molecular flexibility index (Phi) is 4.10. The molecule has 0 aliphatic heterocycles. The molecule has 2 rings (SSSR count). The Bertz CT molecular complexity index is 507. The molecule has 4 heteroatoms. The van der Waals surface area contributed by atoms with Crippen molar-refractivity contribution in [1.82, 2.24) is 15.3 Å². The van der Waals surface area contributed by atoms with Gasteiger partial charge in [-0.05, 0) is 25.1 Å². The molecule has 1 aromatic carbocycles. The van der Waals surface area contributed by atoms with Crippen molar-refractivity contribution in [3.8, 4) is 0 Å². The molecule has 3 nitrogen and oxygen atoms in total. The summed E-state index contributed by atoms with van der Waals surface area (Å²) in [6.07, 6.45) is 2.30. The molecule has 0 fully saturated rings. The molecule has 0 amide bonds. The number of halogens is 1. The Balaban J connectivity index is 2.09. The summed E-state index contributed by atoms with van der Waals surface area (Å²) in [4.78, 5) is 7.53. The third kappa shape index (κ3) is 2.96. The molecule has 2 N–H and O–H groups in total. The minimum Gasteiger partial charge on any atom is -0.344 e. The number of imidazole rings is 1. The zero-order chi connectivity index (χ0) is 13.0. The molecular formula is C14H18FN3. The van der Waals surface area contributed by atoms with E-state index in [2.05, 4.69) is 29.1 Å². The lowest BCUT2D eigenvalue weighted by molar-refractivity contribution is 0.584. The first kappa shape index (κ1) is 12.8. The van der Waals surface area contributed by atoms with Gasteiger partial charge in [0.15, 0.2) is 0 Å². The third-order valence-electron chi connectivity index (χ3n) is 2.94. The summed E-state index contributed by atoms with van der Waals surface area (Å²) in [5.41, 5.74) is 1.69. The predicted molar refractivity (Wildman–Crippen MR) is 69.9 cm³/mol. The fraction of sp³-hybridized carbons (Fsp3) is 0.357. The maximum absolute atomic E-state index is 13.5. The van der Waals surface area contributed by atoms with E-state index in [1.54, 1.807) is 12.1 Å². The van der Waals surface area contributed by atoms with Crippen molar-refractivity contribution in [1.29, 1.82) is 0 Å². The second-order valence-electron chi connectivity index (χ2n) is 4.33. The molecule has 0 spiro atoms. The number of benzene rings is 1. The van der Waals surface area contributed by atoms with Crippen LogP contribution in [0.1, 0.15) is 37.0 Å². The van der Waals surface area contributed by atoms with Crippen molar-refractivity contribution in [2.75, 3.05) is 6.54 Å². The number of H-pyrrole nitrogens is 1. The van der Waals surface area contributed by atoms with Crippen molar-refractivity contribution < 1.29 is 4.39 Å². The van der Waals surface area contributed by atoms with Gasteiger partial charge < -0.3 is 10.3 Å². The second kappa shape index (κ2) is 5.78. The Hall–Kier alpha value is -1.68. The van der Waals surface area contributed by atoms with Crippen LogP contribution in [-0.2, 0) is 6.42 Å². The summed E-state index contributed by atoms with van der Waals surface area (Å²) in [6, 6.07) is 7.02. The molecule has 0 radical (unpaired) electrons. The van der Waals surface area contributed by atoms with Gasteiger partial charge in [-0.25, -0.2) is 9.37 Å². The van der Waals surface area contributed by atoms with Gasteiger partial charge in [-0.2, -0.15) is 0 Å². The molecule has 1 unspecified atom stereocenters. The van der Waals surface area contributed by atoms with Gasteiger partial charge in [0.25, 0.3) is 0 Å². The lowest BCUT2D eigenvalue weighted by atomic mass is 10.1. The van der Waals surface area contributed by atoms with Gasteiger partial charge in [-0.15, -0.1) is 0 Å². The van der Waals surface area contributed by atoms with E-state index in [9.17, 15) is 4.39 Å². The number of hydrogen-bond donors (Lipinski definition) is 2. The molecule has 2 aromatic rings. The number of aromatic nitrogens is 2. The summed E-state index contributed by atoms with van der Waals surface area (Å²) < 4.78 is 13.5. The van der Waals surface area contributed by atoms with Crippen molar-refractivity contribution in [3.63, 3.8) is 0 Å². The molecule has 1 aromatic heterocycles. The highest BCUT2D eigenvalue weighted by Crippen LogP contribution is 2.14. The van der Waals surface area contributed by atoms with Gasteiger partial charge in [0.1, 0.15) is 11.6 Å². The van der Waals surface area contributed by atoms with E-state index in [1.807, 2.05) is 12.3 Å². The average Bonchev–Trinajstić information content (AvgIpc) is 2.81. The molecule has 0 saturated heterocycles. The lowest BCUT2D eigenvalue weighted by Crippen LogP contribution is -2.17. The smallest absolute Gasteiger partial charge is 0.126 e. The third-order valence-corrected chi connectivity index (χ3v) is 2.94. The largest absolute Gasteiger partial charge is 0.344 e. The monoisotopic (exact) mass is 247 g/mol. The zero-order valence-corrected chi connectivity index (χ0v) is 10.7. The standard InChI is InChI=1S/C14H18FN3/c1-3-16-10(2)13-9-17-14(18-13)8-11-6-4-5-7-12(11)15/h4-7,9-10,16H,3,8H2,1-2H3,(H,17,18). The summed E-state index contributed by atoms with van der Waals surface area (Å²) >= 11 is 0. The molecule has 0 aliphatic rings. The van der Waals surface area contributed by atoms with Crippen LogP contribution < -0.4 is 5.32 Å². The fourth-order valence-corrected chi connectivity index (χ4v) is 1.93. The van der Waals surface area contributed by atoms with E-state index in [1.165, 1.54) is 6.07 Å². The highest BCUT2D eigenvalue weighted by molar-refractivity contribution is 5.21. The van der Waals surface area contributed by atoms with Gasteiger partial charge in [-0.3, -0.25) is 0 Å². The lowest BCUT2D eigenvalue weighted by Gasteiger charge is -2.09. The molecular weight excluding hydrogens is 229 g/mol. The number of nitrogens with one attached hydrogen (secondary N) is 2. The molecule has 0 saturated carbocycles. The minimum atomic E-state index is -0.185. The summed E-state index contributed by atoms with van der Waals surface area (Å²) in [7, 11) is 0. The van der Waals surface area contributed by atoms with Crippen LogP contribution in [0.25, 0.3) is 0 Å². The van der Waals surface area contributed by atoms with Gasteiger partial charge in [-0.1, -0.05) is 25.1 Å². The number of rotatable bonds is 5. The van der Waals surface area contributed by atoms with E-state index in [-0.39, 0.29) is 11.9 Å². The Morgan fingerprint density at radius 2 is 2.17 bits per heavy atom. The number of nitrogens with zero attached hydrogens (tertiary/aromatic N) is 1. The Morgan fingerprint density at radius 1 is 1.39 bits per heavy atom. The maximum atomic E-state index is 13.5. The first-order valence-electron chi connectivity index (χ1n) is 6.21. The fourth-order valence-electron chi connectivity index (χ4n) is 1.93. The van der Waals surface area contributed by atoms with Crippen LogP contribution in [0.5, 0.6) is 0 Å². The van der Waals surface area contributed by atoms with Crippen molar-refractivity contribution in [2.45, 2.75) is 26.3 Å². The van der Waals surface area contributed by atoms with E-state index < -0.39 is 0 Å². The molecule has 1 heterocycles. The molecule has 1 atom stereocenters. The summed E-state index contributed by atoms with van der Waals surface area (Å²) in [5.74, 6) is 0.607. The highest BCUT2D eigenvalue weighted by atomic mass is 19.1. The first-order valence-corrected chi connectivity index (χ1v) is 6.21. The summed E-state index contributed by atoms with van der Waals surface area (Å²) in [6.45, 7) is 5.04. The molecule has 0 bridgehead atoms. The highest BCUT2D eigenvalue weighted by Gasteiger charge is 2.09. The van der Waals surface area contributed by atoms with Gasteiger partial charge in [0.05, 0.1) is 5.69 Å². The SMILES string of the molecule is CCNC(C)c1cnc(Cc2ccccc2F)[nH]1. The van der Waals surface area contributed by atoms with Crippen LogP contribution in [0.2, 0.25) is 0 Å². The first-order chi connectivity index (χ1) is 8.70. The maximum Gasteiger partial charge on any atom is 0.126 e. The van der Waals surface area contributed by atoms with Crippen LogP contribution >= 0.6 is 0 Å². The number of hydrogen-bond acceptors (Lipinski definition) is 2. The molecule has 0 aliphatic carbocycles. The molecule has 18 heavy (non-hydrogen) atoms. The average molecular weight is 247 g/mol. The quantitative estimate of drug-likeness (QED) is 0.853.